The fourth-order valence-corrected chi connectivity index (χ4v) is 1.80. The number of nitrogen functional groups attached to an aromatic ring is 1. The molecule has 0 saturated heterocycles. The number of rotatable bonds is 4. The monoisotopic (exact) mass is 231 g/mol. The number of nitrogens with two attached hydrogens (primary N) is 1. The van der Waals surface area contributed by atoms with E-state index in [1.807, 2.05) is 36.3 Å². The highest BCUT2D eigenvalue weighted by molar-refractivity contribution is 5.38. The molecule has 2 aromatic heterocycles. The molecule has 0 aliphatic rings. The molecule has 0 amide bonds. The number of hydrogen-bond donors (Lipinski definition) is 1. The van der Waals surface area contributed by atoms with Crippen LogP contribution in [-0.2, 0) is 20.1 Å². The van der Waals surface area contributed by atoms with Crippen LogP contribution in [0.4, 0.5) is 5.82 Å². The van der Waals surface area contributed by atoms with Crippen molar-refractivity contribution in [3.8, 4) is 0 Å². The molecule has 0 aliphatic carbocycles. The van der Waals surface area contributed by atoms with Gasteiger partial charge in [0.25, 0.3) is 0 Å². The van der Waals surface area contributed by atoms with Gasteiger partial charge in [0.15, 0.2) is 0 Å². The molecule has 2 N–H and O–H groups in total. The van der Waals surface area contributed by atoms with E-state index in [0.717, 1.165) is 18.7 Å². The molecule has 0 aromatic carbocycles. The van der Waals surface area contributed by atoms with Gasteiger partial charge in [-0.1, -0.05) is 6.07 Å². The minimum atomic E-state index is 0.602. The molecule has 2 rings (SSSR count). The highest BCUT2D eigenvalue weighted by Gasteiger charge is 2.05. The van der Waals surface area contributed by atoms with E-state index in [9.17, 15) is 0 Å². The Morgan fingerprint density at radius 3 is 2.88 bits per heavy atom. The molecule has 0 aliphatic heterocycles. The fourth-order valence-electron chi connectivity index (χ4n) is 1.80. The van der Waals surface area contributed by atoms with Gasteiger partial charge in [-0.25, -0.2) is 4.98 Å². The van der Waals surface area contributed by atoms with Crippen molar-refractivity contribution in [3.05, 3.63) is 41.9 Å². The predicted molar refractivity (Wildman–Crippen MR) is 67.0 cm³/mol. The summed E-state index contributed by atoms with van der Waals surface area (Å²) in [5.74, 6) is 0.602. The van der Waals surface area contributed by atoms with Crippen LogP contribution >= 0.6 is 0 Å². The lowest BCUT2D eigenvalue weighted by Crippen LogP contribution is -2.18. The number of aryl methyl sites for hydroxylation is 1. The SMILES string of the molecule is CN(Cc1cnn(C)c1)Cc1cccnc1N. The first-order valence-electron chi connectivity index (χ1n) is 5.50. The zero-order valence-corrected chi connectivity index (χ0v) is 10.2. The van der Waals surface area contributed by atoms with Crippen LogP contribution in [0.25, 0.3) is 0 Å². The maximum atomic E-state index is 5.81. The Kier molecular flexibility index (Phi) is 3.39. The molecule has 5 nitrogen and oxygen atoms in total. The minimum Gasteiger partial charge on any atom is -0.383 e. The van der Waals surface area contributed by atoms with Crippen molar-refractivity contribution < 1.29 is 0 Å². The van der Waals surface area contributed by atoms with Gasteiger partial charge in [0.05, 0.1) is 6.20 Å². The molecule has 0 atom stereocenters. The van der Waals surface area contributed by atoms with Crippen molar-refractivity contribution in [3.63, 3.8) is 0 Å². The van der Waals surface area contributed by atoms with Crippen LogP contribution in [0, 0.1) is 0 Å². The summed E-state index contributed by atoms with van der Waals surface area (Å²) >= 11 is 0. The minimum absolute atomic E-state index is 0.602. The van der Waals surface area contributed by atoms with Crippen LogP contribution in [0.2, 0.25) is 0 Å². The van der Waals surface area contributed by atoms with Crippen molar-refractivity contribution in [1.82, 2.24) is 19.7 Å². The van der Waals surface area contributed by atoms with Crippen LogP contribution in [0.15, 0.2) is 30.7 Å². The molecule has 17 heavy (non-hydrogen) atoms. The Bertz CT molecular complexity index is 491. The molecule has 90 valence electrons. The average Bonchev–Trinajstić information content (AvgIpc) is 2.67. The number of pyridine rings is 1. The first kappa shape index (κ1) is 11.6. The summed E-state index contributed by atoms with van der Waals surface area (Å²) in [5, 5.41) is 4.15. The Labute approximate surface area is 101 Å². The maximum Gasteiger partial charge on any atom is 0.127 e. The molecule has 5 heteroatoms. The Morgan fingerprint density at radius 1 is 1.41 bits per heavy atom. The van der Waals surface area contributed by atoms with Gasteiger partial charge in [0.1, 0.15) is 5.82 Å². The second-order valence-corrected chi connectivity index (χ2v) is 4.24. The van der Waals surface area contributed by atoms with Gasteiger partial charge >= 0.3 is 0 Å². The summed E-state index contributed by atoms with van der Waals surface area (Å²) in [6.45, 7) is 1.64. The summed E-state index contributed by atoms with van der Waals surface area (Å²) in [6.07, 6.45) is 5.60. The maximum absolute atomic E-state index is 5.81. The van der Waals surface area contributed by atoms with Crippen molar-refractivity contribution in [2.24, 2.45) is 7.05 Å². The lowest BCUT2D eigenvalue weighted by atomic mass is 10.2. The normalized spacial score (nSPS) is 11.0. The lowest BCUT2D eigenvalue weighted by molar-refractivity contribution is 0.319. The molecule has 0 spiro atoms. The average molecular weight is 231 g/mol. The van der Waals surface area contributed by atoms with E-state index in [2.05, 4.69) is 22.0 Å². The second-order valence-electron chi connectivity index (χ2n) is 4.24. The van der Waals surface area contributed by atoms with E-state index in [0.29, 0.717) is 5.82 Å². The summed E-state index contributed by atoms with van der Waals surface area (Å²) in [6, 6.07) is 3.91. The van der Waals surface area contributed by atoms with Gasteiger partial charge in [0, 0.05) is 43.7 Å². The summed E-state index contributed by atoms with van der Waals surface area (Å²) < 4.78 is 1.81. The third-order valence-corrected chi connectivity index (χ3v) is 2.58. The van der Waals surface area contributed by atoms with Crippen molar-refractivity contribution in [2.75, 3.05) is 12.8 Å². The van der Waals surface area contributed by atoms with E-state index >= 15 is 0 Å². The standard InChI is InChI=1S/C12H17N5/c1-16(7-10-6-15-17(2)8-10)9-11-4-3-5-14-12(11)13/h3-6,8H,7,9H2,1-2H3,(H2,13,14). The van der Waals surface area contributed by atoms with Crippen molar-refractivity contribution >= 4 is 5.82 Å². The van der Waals surface area contributed by atoms with Gasteiger partial charge in [-0.3, -0.25) is 9.58 Å². The molecule has 0 unspecified atom stereocenters. The smallest absolute Gasteiger partial charge is 0.127 e. The zero-order valence-electron chi connectivity index (χ0n) is 10.2. The van der Waals surface area contributed by atoms with Crippen molar-refractivity contribution in [1.29, 1.82) is 0 Å². The molecular weight excluding hydrogens is 214 g/mol. The fraction of sp³-hybridized carbons (Fsp3) is 0.333. The molecule has 0 radical (unpaired) electrons. The molecule has 0 saturated carbocycles. The quantitative estimate of drug-likeness (QED) is 0.853. The summed E-state index contributed by atoms with van der Waals surface area (Å²) in [4.78, 5) is 6.26. The number of nitrogens with zero attached hydrogens (tertiary/aromatic N) is 4. The Morgan fingerprint density at radius 2 is 2.24 bits per heavy atom. The number of aromatic nitrogens is 3. The Balaban J connectivity index is 1.98. The second kappa shape index (κ2) is 4.97. The van der Waals surface area contributed by atoms with Gasteiger partial charge in [-0.15, -0.1) is 0 Å². The van der Waals surface area contributed by atoms with E-state index in [1.54, 1.807) is 6.20 Å². The first-order valence-corrected chi connectivity index (χ1v) is 5.50. The van der Waals surface area contributed by atoms with E-state index in [1.165, 1.54) is 5.56 Å². The van der Waals surface area contributed by atoms with Gasteiger partial charge < -0.3 is 5.73 Å². The zero-order chi connectivity index (χ0) is 12.3. The molecule has 0 fully saturated rings. The molecule has 0 bridgehead atoms. The number of anilines is 1. The Hall–Kier alpha value is -1.88. The summed E-state index contributed by atoms with van der Waals surface area (Å²) in [7, 11) is 3.97. The summed E-state index contributed by atoms with van der Waals surface area (Å²) in [5.41, 5.74) is 8.06. The van der Waals surface area contributed by atoms with Gasteiger partial charge in [-0.2, -0.15) is 5.10 Å². The van der Waals surface area contributed by atoms with Crippen LogP contribution in [-0.4, -0.2) is 26.7 Å². The first-order chi connectivity index (χ1) is 8.15. The third kappa shape index (κ3) is 3.04. The van der Waals surface area contributed by atoms with Crippen LogP contribution in [0.1, 0.15) is 11.1 Å². The van der Waals surface area contributed by atoms with E-state index < -0.39 is 0 Å². The molecule has 2 heterocycles. The third-order valence-electron chi connectivity index (χ3n) is 2.58. The number of hydrogen-bond acceptors (Lipinski definition) is 4. The van der Waals surface area contributed by atoms with Gasteiger partial charge in [-0.05, 0) is 13.1 Å². The van der Waals surface area contributed by atoms with E-state index in [4.69, 9.17) is 5.73 Å². The molecule has 2 aromatic rings. The topological polar surface area (TPSA) is 60.0 Å². The predicted octanol–water partition coefficient (Wildman–Crippen LogP) is 1.03. The van der Waals surface area contributed by atoms with Gasteiger partial charge in [0.2, 0.25) is 0 Å². The molecular formula is C12H17N5. The highest BCUT2D eigenvalue weighted by atomic mass is 15.2. The van der Waals surface area contributed by atoms with Crippen LogP contribution in [0.3, 0.4) is 0 Å². The van der Waals surface area contributed by atoms with Crippen LogP contribution < -0.4 is 5.73 Å². The lowest BCUT2D eigenvalue weighted by Gasteiger charge is -2.16. The van der Waals surface area contributed by atoms with E-state index in [-0.39, 0.29) is 0 Å². The largest absolute Gasteiger partial charge is 0.383 e. The van der Waals surface area contributed by atoms with Crippen LogP contribution in [0.5, 0.6) is 0 Å². The highest BCUT2D eigenvalue weighted by Crippen LogP contribution is 2.11. The van der Waals surface area contributed by atoms with Crippen molar-refractivity contribution in [2.45, 2.75) is 13.1 Å².